The average molecular weight is 373 g/mol. The van der Waals surface area contributed by atoms with Crippen molar-refractivity contribution < 1.29 is 19.4 Å². The second-order valence-corrected chi connectivity index (χ2v) is 10.9. The molecule has 0 radical (unpaired) electrons. The van der Waals surface area contributed by atoms with Crippen LogP contribution >= 0.6 is 0 Å². The van der Waals surface area contributed by atoms with Crippen molar-refractivity contribution in [3.63, 3.8) is 0 Å². The zero-order chi connectivity index (χ0) is 18.7. The van der Waals surface area contributed by atoms with Crippen molar-refractivity contribution in [2.45, 2.75) is 88.9 Å². The molecule has 0 amide bonds. The van der Waals surface area contributed by atoms with Crippen LogP contribution in [0.4, 0.5) is 0 Å². The third-order valence-electron chi connectivity index (χ3n) is 10.3. The number of cyclic esters (lactones) is 1. The summed E-state index contributed by atoms with van der Waals surface area (Å²) < 4.78 is 12.2. The second kappa shape index (κ2) is 4.99. The first-order valence-electron chi connectivity index (χ1n) is 11.1. The van der Waals surface area contributed by atoms with E-state index >= 15 is 0 Å². The quantitative estimate of drug-likeness (QED) is 0.562. The molecule has 6 aliphatic rings. The molecular formula is C23H32O4. The van der Waals surface area contributed by atoms with Gasteiger partial charge in [-0.2, -0.15) is 0 Å². The Hall–Kier alpha value is -0.870. The summed E-state index contributed by atoms with van der Waals surface area (Å²) in [6, 6.07) is 0. The minimum absolute atomic E-state index is 0.0180. The van der Waals surface area contributed by atoms with Gasteiger partial charge < -0.3 is 14.6 Å². The number of hydrogen-bond donors (Lipinski definition) is 1. The molecule has 148 valence electrons. The summed E-state index contributed by atoms with van der Waals surface area (Å²) in [5, 5.41) is 10.2. The first kappa shape index (κ1) is 17.0. The minimum Gasteiger partial charge on any atom is -0.458 e. The SMILES string of the molecule is C[C@]12CC[C@H](O)C[C@H]1CC[C@@]13O[C@@]14CC[C@H](C1=CC(=O)OC1)[C@@]4(C)CC[C@H]23. The molecular weight excluding hydrogens is 340 g/mol. The zero-order valence-corrected chi connectivity index (χ0v) is 16.6. The number of ether oxygens (including phenoxy) is 2. The molecule has 1 N–H and O–H groups in total. The standard InChI is InChI=1S/C23H32O4/c1-20-7-4-16(24)12-15(20)3-9-22-18(20)6-8-21(2)17(5-10-23(21,22)27-22)14-11-19(25)26-13-14/h11,15-18,24H,3-10,12-13H2,1-2H3/t15-,16+,17-,18-,20+,21-,22+,23-/m1/s1. The molecule has 1 saturated heterocycles. The number of aliphatic hydroxyl groups is 1. The summed E-state index contributed by atoms with van der Waals surface area (Å²) in [6.07, 6.45) is 11.8. The largest absolute Gasteiger partial charge is 0.458 e. The van der Waals surface area contributed by atoms with Crippen LogP contribution in [0.5, 0.6) is 0 Å². The van der Waals surface area contributed by atoms with Gasteiger partial charge in [-0.15, -0.1) is 0 Å². The van der Waals surface area contributed by atoms with Gasteiger partial charge in [0.25, 0.3) is 0 Å². The van der Waals surface area contributed by atoms with Crippen molar-refractivity contribution in [2.24, 2.45) is 28.6 Å². The zero-order valence-electron chi connectivity index (χ0n) is 16.6. The normalized spacial score (nSPS) is 58.5. The van der Waals surface area contributed by atoms with Crippen molar-refractivity contribution in [3.05, 3.63) is 11.6 Å². The van der Waals surface area contributed by atoms with Crippen LogP contribution in [0.15, 0.2) is 11.6 Å². The van der Waals surface area contributed by atoms with Crippen LogP contribution in [0.3, 0.4) is 0 Å². The van der Waals surface area contributed by atoms with E-state index < -0.39 is 0 Å². The van der Waals surface area contributed by atoms with E-state index in [4.69, 9.17) is 9.47 Å². The van der Waals surface area contributed by atoms with Gasteiger partial charge in [0.2, 0.25) is 0 Å². The van der Waals surface area contributed by atoms with Gasteiger partial charge in [-0.05, 0) is 86.5 Å². The summed E-state index contributed by atoms with van der Waals surface area (Å²) in [6.45, 7) is 5.44. The summed E-state index contributed by atoms with van der Waals surface area (Å²) >= 11 is 0. The number of hydrogen-bond acceptors (Lipinski definition) is 4. The summed E-state index contributed by atoms with van der Waals surface area (Å²) in [4.78, 5) is 11.7. The Kier molecular flexibility index (Phi) is 3.15. The third kappa shape index (κ3) is 1.81. The van der Waals surface area contributed by atoms with Crippen molar-refractivity contribution in [1.82, 2.24) is 0 Å². The Morgan fingerprint density at radius 2 is 1.93 bits per heavy atom. The molecule has 2 heterocycles. The Bertz CT molecular complexity index is 745. The molecule has 2 spiro atoms. The lowest BCUT2D eigenvalue weighted by Gasteiger charge is -2.58. The van der Waals surface area contributed by atoms with Gasteiger partial charge in [-0.1, -0.05) is 13.8 Å². The van der Waals surface area contributed by atoms with E-state index in [0.717, 1.165) is 32.1 Å². The van der Waals surface area contributed by atoms with Gasteiger partial charge in [0.1, 0.15) is 17.8 Å². The number of carbonyl (C=O) groups excluding carboxylic acids is 1. The molecule has 8 atom stereocenters. The van der Waals surface area contributed by atoms with Gasteiger partial charge in [0.15, 0.2) is 0 Å². The van der Waals surface area contributed by atoms with Crippen LogP contribution in [0.2, 0.25) is 0 Å². The highest BCUT2D eigenvalue weighted by molar-refractivity contribution is 5.85. The molecule has 4 aliphatic carbocycles. The number of fused-ring (bicyclic) bond motifs is 2. The van der Waals surface area contributed by atoms with Gasteiger partial charge in [-0.25, -0.2) is 4.79 Å². The van der Waals surface area contributed by atoms with Crippen LogP contribution in [0, 0.1) is 28.6 Å². The lowest BCUT2D eigenvalue weighted by atomic mass is 9.44. The summed E-state index contributed by atoms with van der Waals surface area (Å²) in [5.74, 6) is 1.56. The molecule has 0 unspecified atom stereocenters. The van der Waals surface area contributed by atoms with Gasteiger partial charge >= 0.3 is 5.97 Å². The summed E-state index contributed by atoms with van der Waals surface area (Å²) in [7, 11) is 0. The fourth-order valence-corrected chi connectivity index (χ4v) is 8.95. The molecule has 0 aromatic heterocycles. The third-order valence-corrected chi connectivity index (χ3v) is 10.3. The van der Waals surface area contributed by atoms with E-state index in [1.165, 1.54) is 31.3 Å². The van der Waals surface area contributed by atoms with E-state index in [2.05, 4.69) is 13.8 Å². The lowest BCUT2D eigenvalue weighted by Crippen LogP contribution is -2.58. The lowest BCUT2D eigenvalue weighted by molar-refractivity contribution is -0.135. The molecule has 27 heavy (non-hydrogen) atoms. The van der Waals surface area contributed by atoms with Crippen molar-refractivity contribution in [2.75, 3.05) is 6.61 Å². The molecule has 4 saturated carbocycles. The maximum Gasteiger partial charge on any atom is 0.331 e. The van der Waals surface area contributed by atoms with Crippen LogP contribution in [0.1, 0.15) is 71.6 Å². The minimum atomic E-state index is -0.163. The molecule has 6 rings (SSSR count). The topological polar surface area (TPSA) is 59.1 Å². The summed E-state index contributed by atoms with van der Waals surface area (Å²) in [5.41, 5.74) is 1.76. The monoisotopic (exact) mass is 372 g/mol. The molecule has 0 aromatic carbocycles. The number of carbonyl (C=O) groups is 1. The van der Waals surface area contributed by atoms with Crippen molar-refractivity contribution >= 4 is 5.97 Å². The Morgan fingerprint density at radius 1 is 1.07 bits per heavy atom. The number of epoxide rings is 1. The second-order valence-electron chi connectivity index (χ2n) is 10.9. The van der Waals surface area contributed by atoms with Crippen LogP contribution < -0.4 is 0 Å². The van der Waals surface area contributed by atoms with Crippen molar-refractivity contribution in [3.8, 4) is 0 Å². The van der Waals surface area contributed by atoms with Crippen LogP contribution in [-0.4, -0.2) is 35.0 Å². The molecule has 4 nitrogen and oxygen atoms in total. The maximum absolute atomic E-state index is 11.7. The van der Waals surface area contributed by atoms with Crippen molar-refractivity contribution in [1.29, 1.82) is 0 Å². The van der Waals surface area contributed by atoms with Gasteiger partial charge in [-0.3, -0.25) is 0 Å². The Labute approximate surface area is 161 Å². The van der Waals surface area contributed by atoms with Gasteiger partial charge in [0.05, 0.1) is 6.10 Å². The highest BCUT2D eigenvalue weighted by Gasteiger charge is 2.86. The number of esters is 1. The number of rotatable bonds is 1. The predicted molar refractivity (Wildman–Crippen MR) is 99.8 cm³/mol. The van der Waals surface area contributed by atoms with Crippen LogP contribution in [0.25, 0.3) is 0 Å². The maximum atomic E-state index is 11.7. The Morgan fingerprint density at radius 3 is 2.70 bits per heavy atom. The molecule has 5 fully saturated rings. The van der Waals surface area contributed by atoms with E-state index in [9.17, 15) is 9.90 Å². The van der Waals surface area contributed by atoms with E-state index in [-0.39, 0.29) is 28.7 Å². The van der Waals surface area contributed by atoms with E-state index in [0.29, 0.717) is 29.8 Å². The molecule has 0 bridgehead atoms. The number of aliphatic hydroxyl groups excluding tert-OH is 1. The van der Waals surface area contributed by atoms with Crippen LogP contribution in [-0.2, 0) is 14.3 Å². The predicted octanol–water partition coefficient (Wildman–Crippen LogP) is 3.76. The molecule has 0 aromatic rings. The Balaban J connectivity index is 1.36. The average Bonchev–Trinajstić information content (AvgIpc) is 2.94. The van der Waals surface area contributed by atoms with E-state index in [1.54, 1.807) is 6.08 Å². The highest BCUT2D eigenvalue weighted by Crippen LogP contribution is 2.81. The molecule has 2 aliphatic heterocycles. The highest BCUT2D eigenvalue weighted by atomic mass is 16.6. The molecule has 4 heteroatoms. The van der Waals surface area contributed by atoms with E-state index in [1.807, 2.05) is 0 Å². The fraction of sp³-hybridized carbons (Fsp3) is 0.870. The fourth-order valence-electron chi connectivity index (χ4n) is 8.95. The first-order valence-corrected chi connectivity index (χ1v) is 11.1. The van der Waals surface area contributed by atoms with Gasteiger partial charge in [0, 0.05) is 11.5 Å². The first-order chi connectivity index (χ1) is 12.8. The smallest absolute Gasteiger partial charge is 0.331 e.